The molecule has 4 rings (SSSR count). The molecule has 3 N–H and O–H groups in total. The molecule has 1 atom stereocenters. The van der Waals surface area contributed by atoms with Crippen LogP contribution in [0, 0.1) is 11.7 Å². The van der Waals surface area contributed by atoms with Crippen LogP contribution in [-0.4, -0.2) is 38.8 Å². The van der Waals surface area contributed by atoms with Gasteiger partial charge in [0.1, 0.15) is 11.5 Å². The molecule has 1 aliphatic rings. The predicted octanol–water partition coefficient (Wildman–Crippen LogP) is 3.36. The van der Waals surface area contributed by atoms with Gasteiger partial charge in [0.25, 0.3) is 0 Å². The highest BCUT2D eigenvalue weighted by Crippen LogP contribution is 2.31. The van der Waals surface area contributed by atoms with Gasteiger partial charge in [0.2, 0.25) is 0 Å². The third-order valence-corrected chi connectivity index (χ3v) is 5.20. The predicted molar refractivity (Wildman–Crippen MR) is 102 cm³/mol. The molecule has 0 aromatic carbocycles. The number of rotatable bonds is 3. The first-order valence-electron chi connectivity index (χ1n) is 8.93. The Bertz CT molecular complexity index is 935. The number of hydrogen-bond donors (Lipinski definition) is 2. The Balaban J connectivity index is 0.00000210. The van der Waals surface area contributed by atoms with Gasteiger partial charge in [-0.25, -0.2) is 14.4 Å². The van der Waals surface area contributed by atoms with Gasteiger partial charge in [0, 0.05) is 31.6 Å². The molecule has 3 aromatic heterocycles. The van der Waals surface area contributed by atoms with Crippen LogP contribution in [0.1, 0.15) is 28.1 Å². The highest BCUT2D eigenvalue weighted by atomic mass is 19.1. The van der Waals surface area contributed by atoms with Gasteiger partial charge < -0.3 is 10.6 Å². The van der Waals surface area contributed by atoms with Crippen molar-refractivity contribution in [2.24, 2.45) is 11.7 Å². The highest BCUT2D eigenvalue weighted by molar-refractivity contribution is 5.89. The minimum absolute atomic E-state index is 0. The van der Waals surface area contributed by atoms with Gasteiger partial charge in [0.05, 0.1) is 5.69 Å². The first kappa shape index (κ1) is 16.9. The van der Waals surface area contributed by atoms with Crippen LogP contribution < -0.4 is 10.6 Å². The fourth-order valence-electron chi connectivity index (χ4n) is 3.61. The number of fused-ring (bicyclic) bond motifs is 1. The Morgan fingerprint density at radius 2 is 2.19 bits per heavy atom. The molecule has 26 heavy (non-hydrogen) atoms. The monoisotopic (exact) mass is 356 g/mol. The summed E-state index contributed by atoms with van der Waals surface area (Å²) >= 11 is 0. The second kappa shape index (κ2) is 6.32. The second-order valence-electron chi connectivity index (χ2n) is 7.58. The average molecular weight is 356 g/mol. The van der Waals surface area contributed by atoms with Crippen molar-refractivity contribution < 1.29 is 5.82 Å². The molecule has 0 aliphatic carbocycles. The van der Waals surface area contributed by atoms with E-state index in [1.807, 2.05) is 12.1 Å². The van der Waals surface area contributed by atoms with Crippen molar-refractivity contribution in [2.45, 2.75) is 32.2 Å². The van der Waals surface area contributed by atoms with E-state index in [0.717, 1.165) is 37.1 Å². The number of nitrogens with two attached hydrogens (primary N) is 1. The number of anilines is 1. The van der Waals surface area contributed by atoms with E-state index in [4.69, 9.17) is 5.73 Å². The summed E-state index contributed by atoms with van der Waals surface area (Å²) in [6.07, 6.45) is 3.82. The summed E-state index contributed by atoms with van der Waals surface area (Å²) in [5, 5.41) is 7.79. The van der Waals surface area contributed by atoms with Crippen molar-refractivity contribution in [3.8, 4) is 11.4 Å². The summed E-state index contributed by atoms with van der Waals surface area (Å²) in [4.78, 5) is 11.0. The molecule has 6 nitrogen and oxygen atoms in total. The Kier molecular flexibility index (Phi) is 4.11. The minimum Gasteiger partial charge on any atom is -0.356 e. The zero-order valence-corrected chi connectivity index (χ0v) is 15.0. The van der Waals surface area contributed by atoms with E-state index in [2.05, 4.69) is 38.9 Å². The van der Waals surface area contributed by atoms with Gasteiger partial charge >= 0.3 is 0 Å². The van der Waals surface area contributed by atoms with Crippen molar-refractivity contribution in [1.82, 2.24) is 20.2 Å². The topological polar surface area (TPSA) is 83.7 Å². The molecule has 0 radical (unpaired) electrons. The van der Waals surface area contributed by atoms with E-state index < -0.39 is 0 Å². The molecule has 1 unspecified atom stereocenters. The second-order valence-corrected chi connectivity index (χ2v) is 7.58. The molecule has 0 spiro atoms. The molecule has 0 amide bonds. The van der Waals surface area contributed by atoms with Crippen molar-refractivity contribution in [1.29, 1.82) is 0 Å². The van der Waals surface area contributed by atoms with Crippen molar-refractivity contribution >= 4 is 16.9 Å². The maximum Gasteiger partial charge on any atom is 0.181 e. The SMILES string of the molecule is CC(C)(N)C1CCCN(c2ccc(F)c(-c3[nH]nc4ncccc34)n2)C1.[HH]. The summed E-state index contributed by atoms with van der Waals surface area (Å²) in [6, 6.07) is 6.88. The van der Waals surface area contributed by atoms with Gasteiger partial charge in [-0.05, 0) is 56.9 Å². The van der Waals surface area contributed by atoms with Gasteiger partial charge in [0.15, 0.2) is 11.5 Å². The molecule has 1 saturated heterocycles. The summed E-state index contributed by atoms with van der Waals surface area (Å²) in [5.74, 6) is 0.765. The number of aromatic nitrogens is 4. The lowest BCUT2D eigenvalue weighted by Gasteiger charge is -2.40. The molecule has 1 fully saturated rings. The van der Waals surface area contributed by atoms with E-state index in [0.29, 0.717) is 17.3 Å². The van der Waals surface area contributed by atoms with Crippen LogP contribution in [-0.2, 0) is 0 Å². The number of piperidine rings is 1. The summed E-state index contributed by atoms with van der Waals surface area (Å²) in [6.45, 7) is 5.85. The molecule has 7 heteroatoms. The van der Waals surface area contributed by atoms with Crippen LogP contribution in [0.5, 0.6) is 0 Å². The van der Waals surface area contributed by atoms with E-state index in [-0.39, 0.29) is 18.5 Å². The van der Waals surface area contributed by atoms with Gasteiger partial charge in [-0.15, -0.1) is 0 Å². The maximum atomic E-state index is 14.5. The van der Waals surface area contributed by atoms with Crippen molar-refractivity contribution in [2.75, 3.05) is 18.0 Å². The molecular formula is C19H25FN6. The largest absolute Gasteiger partial charge is 0.356 e. The number of pyridine rings is 2. The standard InChI is InChI=1S/C19H23FN6.H2/c1-19(2,21)12-5-4-10-26(11-12)15-8-7-14(20)17(23-15)16-13-6-3-9-22-18(13)25-24-16;/h3,6-9,12H,4-5,10-11,21H2,1-2H3,(H,22,24,25);1H. The Morgan fingerprint density at radius 3 is 3.00 bits per heavy atom. The molecule has 0 saturated carbocycles. The molecule has 4 heterocycles. The summed E-state index contributed by atoms with van der Waals surface area (Å²) in [7, 11) is 0. The number of nitrogens with one attached hydrogen (secondary N) is 1. The molecule has 0 bridgehead atoms. The van der Waals surface area contributed by atoms with E-state index in [1.165, 1.54) is 6.07 Å². The third-order valence-electron chi connectivity index (χ3n) is 5.20. The van der Waals surface area contributed by atoms with E-state index in [9.17, 15) is 4.39 Å². The Labute approximate surface area is 153 Å². The van der Waals surface area contributed by atoms with Crippen molar-refractivity contribution in [3.63, 3.8) is 0 Å². The number of hydrogen-bond acceptors (Lipinski definition) is 5. The lowest BCUT2D eigenvalue weighted by atomic mass is 9.82. The van der Waals surface area contributed by atoms with Crippen LogP contribution in [0.2, 0.25) is 0 Å². The molecule has 138 valence electrons. The Morgan fingerprint density at radius 1 is 1.35 bits per heavy atom. The average Bonchev–Trinajstić information content (AvgIpc) is 3.05. The third kappa shape index (κ3) is 3.03. The van der Waals surface area contributed by atoms with Gasteiger partial charge in [-0.1, -0.05) is 0 Å². The lowest BCUT2D eigenvalue weighted by molar-refractivity contribution is 0.274. The molecule has 1 aliphatic heterocycles. The van der Waals surface area contributed by atoms with Crippen LogP contribution >= 0.6 is 0 Å². The van der Waals surface area contributed by atoms with Crippen LogP contribution in [0.4, 0.5) is 10.2 Å². The van der Waals surface area contributed by atoms with Crippen LogP contribution in [0.25, 0.3) is 22.4 Å². The first-order chi connectivity index (χ1) is 12.4. The molecule has 3 aromatic rings. The lowest BCUT2D eigenvalue weighted by Crippen LogP contribution is -2.49. The summed E-state index contributed by atoms with van der Waals surface area (Å²) < 4.78 is 14.5. The quantitative estimate of drug-likeness (QED) is 0.752. The number of nitrogens with zero attached hydrogens (tertiary/aromatic N) is 4. The maximum absolute atomic E-state index is 14.5. The number of H-pyrrole nitrogens is 1. The van der Waals surface area contributed by atoms with Crippen LogP contribution in [0.3, 0.4) is 0 Å². The Hall–Kier alpha value is -2.54. The highest BCUT2D eigenvalue weighted by Gasteiger charge is 2.31. The first-order valence-corrected chi connectivity index (χ1v) is 8.93. The smallest absolute Gasteiger partial charge is 0.181 e. The summed E-state index contributed by atoms with van der Waals surface area (Å²) in [5.41, 5.74) is 7.45. The van der Waals surface area contributed by atoms with E-state index >= 15 is 0 Å². The fourth-order valence-corrected chi connectivity index (χ4v) is 3.61. The van der Waals surface area contributed by atoms with Gasteiger partial charge in [-0.2, -0.15) is 5.10 Å². The molecular weight excluding hydrogens is 331 g/mol. The number of halogens is 1. The van der Waals surface area contributed by atoms with E-state index in [1.54, 1.807) is 12.3 Å². The van der Waals surface area contributed by atoms with Gasteiger partial charge in [-0.3, -0.25) is 5.10 Å². The zero-order valence-electron chi connectivity index (χ0n) is 15.0. The fraction of sp³-hybridized carbons (Fsp3) is 0.421. The zero-order chi connectivity index (χ0) is 18.3. The van der Waals surface area contributed by atoms with Crippen LogP contribution in [0.15, 0.2) is 30.5 Å². The minimum atomic E-state index is -0.379. The normalized spacial score (nSPS) is 18.5. The number of aromatic amines is 1. The van der Waals surface area contributed by atoms with Crippen molar-refractivity contribution in [3.05, 3.63) is 36.3 Å².